The SMILES string of the molecule is Cc1cc(C)c(S(=O)(=O)N2CCN(c3ccccc3)C(C)C2)c(C)c1. The predicted molar refractivity (Wildman–Crippen MR) is 103 cm³/mol. The van der Waals surface area contributed by atoms with Crippen LogP contribution in [0.1, 0.15) is 23.6 Å². The average Bonchev–Trinajstić information content (AvgIpc) is 2.54. The van der Waals surface area contributed by atoms with Crippen LogP contribution >= 0.6 is 0 Å². The highest BCUT2D eigenvalue weighted by atomic mass is 32.2. The van der Waals surface area contributed by atoms with Crippen LogP contribution in [-0.2, 0) is 10.0 Å². The van der Waals surface area contributed by atoms with Gasteiger partial charge in [0.15, 0.2) is 0 Å². The van der Waals surface area contributed by atoms with Gasteiger partial charge in [-0.3, -0.25) is 0 Å². The quantitative estimate of drug-likeness (QED) is 0.843. The molecule has 0 amide bonds. The van der Waals surface area contributed by atoms with E-state index in [-0.39, 0.29) is 6.04 Å². The van der Waals surface area contributed by atoms with E-state index in [1.54, 1.807) is 4.31 Å². The number of hydrogen-bond donors (Lipinski definition) is 0. The second-order valence-electron chi connectivity index (χ2n) is 6.97. The van der Waals surface area contributed by atoms with Crippen LogP contribution in [0.5, 0.6) is 0 Å². The van der Waals surface area contributed by atoms with Crippen molar-refractivity contribution in [2.45, 2.75) is 38.6 Å². The third kappa shape index (κ3) is 3.44. The fourth-order valence-corrected chi connectivity index (χ4v) is 5.77. The molecular weight excluding hydrogens is 332 g/mol. The number of anilines is 1. The van der Waals surface area contributed by atoms with Crippen molar-refractivity contribution in [2.24, 2.45) is 0 Å². The van der Waals surface area contributed by atoms with E-state index in [9.17, 15) is 8.42 Å². The third-order valence-corrected chi connectivity index (χ3v) is 7.05. The first-order chi connectivity index (χ1) is 11.8. The molecule has 1 atom stereocenters. The second-order valence-corrected chi connectivity index (χ2v) is 8.84. The van der Waals surface area contributed by atoms with Crippen LogP contribution in [-0.4, -0.2) is 38.4 Å². The molecule has 1 unspecified atom stereocenters. The maximum Gasteiger partial charge on any atom is 0.243 e. The normalized spacial score (nSPS) is 19.2. The van der Waals surface area contributed by atoms with Gasteiger partial charge in [0, 0.05) is 31.4 Å². The predicted octanol–water partition coefficient (Wildman–Crippen LogP) is 3.51. The van der Waals surface area contributed by atoms with E-state index in [2.05, 4.69) is 24.0 Å². The zero-order valence-corrected chi connectivity index (χ0v) is 16.2. The summed E-state index contributed by atoms with van der Waals surface area (Å²) in [4.78, 5) is 2.75. The summed E-state index contributed by atoms with van der Waals surface area (Å²) < 4.78 is 28.1. The molecule has 2 aromatic carbocycles. The van der Waals surface area contributed by atoms with Gasteiger partial charge in [-0.05, 0) is 51.0 Å². The van der Waals surface area contributed by atoms with E-state index in [4.69, 9.17) is 0 Å². The van der Waals surface area contributed by atoms with Crippen LogP contribution in [0.25, 0.3) is 0 Å². The molecule has 0 aromatic heterocycles. The van der Waals surface area contributed by atoms with Crippen molar-refractivity contribution >= 4 is 15.7 Å². The minimum absolute atomic E-state index is 0.136. The lowest BCUT2D eigenvalue weighted by Gasteiger charge is -2.40. The van der Waals surface area contributed by atoms with Crippen LogP contribution < -0.4 is 4.90 Å². The fraction of sp³-hybridized carbons (Fsp3) is 0.400. The van der Waals surface area contributed by atoms with Crippen molar-refractivity contribution in [1.29, 1.82) is 0 Å². The Morgan fingerprint density at radius 2 is 1.56 bits per heavy atom. The van der Waals surface area contributed by atoms with Crippen LogP contribution in [0.15, 0.2) is 47.4 Å². The lowest BCUT2D eigenvalue weighted by Crippen LogP contribution is -2.53. The fourth-order valence-electron chi connectivity index (χ4n) is 3.85. The molecular formula is C20H26N2O2S. The Balaban J connectivity index is 1.87. The first-order valence-corrected chi connectivity index (χ1v) is 10.1. The van der Waals surface area contributed by atoms with Gasteiger partial charge in [0.2, 0.25) is 10.0 Å². The Hall–Kier alpha value is -1.85. The zero-order chi connectivity index (χ0) is 18.2. The van der Waals surface area contributed by atoms with Crippen LogP contribution in [0.4, 0.5) is 5.69 Å². The van der Waals surface area contributed by atoms with E-state index in [1.165, 1.54) is 0 Å². The molecule has 0 bridgehead atoms. The van der Waals surface area contributed by atoms with Gasteiger partial charge < -0.3 is 4.90 Å². The highest BCUT2D eigenvalue weighted by Gasteiger charge is 2.34. The third-order valence-electron chi connectivity index (χ3n) is 4.88. The summed E-state index contributed by atoms with van der Waals surface area (Å²) in [5, 5.41) is 0. The zero-order valence-electron chi connectivity index (χ0n) is 15.4. The van der Waals surface area contributed by atoms with Crippen molar-refractivity contribution in [3.8, 4) is 0 Å². The molecule has 1 aliphatic heterocycles. The number of sulfonamides is 1. The molecule has 0 radical (unpaired) electrons. The number of rotatable bonds is 3. The van der Waals surface area contributed by atoms with E-state index >= 15 is 0 Å². The number of piperazine rings is 1. The Bertz CT molecular complexity index is 840. The minimum atomic E-state index is -3.47. The highest BCUT2D eigenvalue weighted by molar-refractivity contribution is 7.89. The molecule has 1 fully saturated rings. The molecule has 4 nitrogen and oxygen atoms in total. The lowest BCUT2D eigenvalue weighted by molar-refractivity contribution is 0.342. The number of nitrogens with zero attached hydrogens (tertiary/aromatic N) is 2. The second kappa shape index (κ2) is 6.81. The lowest BCUT2D eigenvalue weighted by atomic mass is 10.1. The summed E-state index contributed by atoms with van der Waals surface area (Å²) in [6.07, 6.45) is 0. The summed E-state index contributed by atoms with van der Waals surface area (Å²) in [5.74, 6) is 0. The largest absolute Gasteiger partial charge is 0.366 e. The highest BCUT2D eigenvalue weighted by Crippen LogP contribution is 2.28. The van der Waals surface area contributed by atoms with E-state index in [1.807, 2.05) is 51.1 Å². The van der Waals surface area contributed by atoms with Gasteiger partial charge in [-0.25, -0.2) is 8.42 Å². The number of aryl methyl sites for hydroxylation is 3. The summed E-state index contributed by atoms with van der Waals surface area (Å²) in [6, 6.07) is 14.2. The summed E-state index contributed by atoms with van der Waals surface area (Å²) in [5.41, 5.74) is 3.90. The molecule has 25 heavy (non-hydrogen) atoms. The maximum absolute atomic E-state index is 13.2. The van der Waals surface area contributed by atoms with E-state index in [0.29, 0.717) is 24.5 Å². The smallest absolute Gasteiger partial charge is 0.243 e. The van der Waals surface area contributed by atoms with Gasteiger partial charge in [-0.15, -0.1) is 0 Å². The maximum atomic E-state index is 13.2. The molecule has 3 rings (SSSR count). The Kier molecular flexibility index (Phi) is 4.89. The summed E-state index contributed by atoms with van der Waals surface area (Å²) in [7, 11) is -3.47. The van der Waals surface area contributed by atoms with E-state index in [0.717, 1.165) is 22.4 Å². The van der Waals surface area contributed by atoms with Gasteiger partial charge in [0.25, 0.3) is 0 Å². The minimum Gasteiger partial charge on any atom is -0.366 e. The molecule has 0 spiro atoms. The number of benzene rings is 2. The molecule has 0 saturated carbocycles. The topological polar surface area (TPSA) is 40.6 Å². The Morgan fingerprint density at radius 3 is 2.12 bits per heavy atom. The van der Waals surface area contributed by atoms with Crippen LogP contribution in [0.2, 0.25) is 0 Å². The van der Waals surface area contributed by atoms with Gasteiger partial charge in [-0.2, -0.15) is 4.31 Å². The van der Waals surface area contributed by atoms with Gasteiger partial charge >= 0.3 is 0 Å². The van der Waals surface area contributed by atoms with Crippen molar-refractivity contribution in [3.05, 3.63) is 59.2 Å². The Labute approximate surface area is 151 Å². The molecule has 1 saturated heterocycles. The van der Waals surface area contributed by atoms with Crippen LogP contribution in [0, 0.1) is 20.8 Å². The first kappa shape index (κ1) is 18.0. The van der Waals surface area contributed by atoms with Gasteiger partial charge in [-0.1, -0.05) is 35.9 Å². The van der Waals surface area contributed by atoms with Crippen molar-refractivity contribution in [1.82, 2.24) is 4.31 Å². The monoisotopic (exact) mass is 358 g/mol. The van der Waals surface area contributed by atoms with Gasteiger partial charge in [0.05, 0.1) is 4.90 Å². The van der Waals surface area contributed by atoms with Crippen molar-refractivity contribution in [3.63, 3.8) is 0 Å². The van der Waals surface area contributed by atoms with E-state index < -0.39 is 10.0 Å². The summed E-state index contributed by atoms with van der Waals surface area (Å²) >= 11 is 0. The average molecular weight is 359 g/mol. The molecule has 2 aromatic rings. The Morgan fingerprint density at radius 1 is 0.960 bits per heavy atom. The molecule has 0 N–H and O–H groups in total. The molecule has 134 valence electrons. The number of para-hydroxylation sites is 1. The summed E-state index contributed by atoms with van der Waals surface area (Å²) in [6.45, 7) is 9.57. The number of hydrogen-bond acceptors (Lipinski definition) is 3. The van der Waals surface area contributed by atoms with Crippen molar-refractivity contribution < 1.29 is 8.42 Å². The standard InChI is InChI=1S/C20H26N2O2S/c1-15-12-16(2)20(17(3)13-15)25(23,24)21-10-11-22(18(4)14-21)19-8-6-5-7-9-19/h5-9,12-13,18H,10-11,14H2,1-4H3. The molecule has 5 heteroatoms. The van der Waals surface area contributed by atoms with Crippen molar-refractivity contribution in [2.75, 3.05) is 24.5 Å². The molecule has 0 aliphatic carbocycles. The molecule has 1 heterocycles. The van der Waals surface area contributed by atoms with Gasteiger partial charge in [0.1, 0.15) is 0 Å². The molecule has 1 aliphatic rings. The van der Waals surface area contributed by atoms with Crippen LogP contribution in [0.3, 0.4) is 0 Å². The first-order valence-electron chi connectivity index (χ1n) is 8.70.